The number of hydrogen-bond donors (Lipinski definition) is 0. The van der Waals surface area contributed by atoms with Crippen molar-refractivity contribution in [2.45, 2.75) is 60.1 Å². The van der Waals surface area contributed by atoms with Gasteiger partial charge in [0, 0.05) is 11.1 Å². The Morgan fingerprint density at radius 3 is 1.86 bits per heavy atom. The summed E-state index contributed by atoms with van der Waals surface area (Å²) in [4.78, 5) is 4.16. The standard InChI is InChI=1S/C15H31N4Si2.Li/c1-15(2,3)14(19-21(7,8)9)10-11-16-12-17-13-18-20(4,5)6;/h10-13H,1-9H3;/q-1;+1/b11-10+,19-14+;. The van der Waals surface area contributed by atoms with Crippen molar-refractivity contribution < 1.29 is 18.9 Å². The molecule has 0 aliphatic carbocycles. The van der Waals surface area contributed by atoms with Crippen LogP contribution in [-0.2, 0) is 0 Å². The van der Waals surface area contributed by atoms with E-state index in [1.807, 2.05) is 6.08 Å². The second-order valence-corrected chi connectivity index (χ2v) is 17.2. The first-order valence-electron chi connectivity index (χ1n) is 7.33. The second kappa shape index (κ2) is 9.66. The molecule has 0 aromatic heterocycles. The van der Waals surface area contributed by atoms with Gasteiger partial charge in [-0.3, -0.25) is 0 Å². The normalized spacial score (nSPS) is 14.9. The summed E-state index contributed by atoms with van der Waals surface area (Å²) in [6, 6.07) is 0. The van der Waals surface area contributed by atoms with Crippen molar-refractivity contribution in [1.29, 1.82) is 0 Å². The van der Waals surface area contributed by atoms with Gasteiger partial charge in [0.1, 0.15) is 0 Å². The largest absolute Gasteiger partial charge is 1.00 e. The zero-order chi connectivity index (χ0) is 16.7. The van der Waals surface area contributed by atoms with Crippen molar-refractivity contribution in [2.75, 3.05) is 0 Å². The third-order valence-corrected chi connectivity index (χ3v) is 3.99. The maximum atomic E-state index is 4.89. The van der Waals surface area contributed by atoms with Crippen LogP contribution in [0.5, 0.6) is 0 Å². The Labute approximate surface area is 151 Å². The van der Waals surface area contributed by atoms with E-state index in [0.717, 1.165) is 5.71 Å². The molecule has 0 unspecified atom stereocenters. The predicted molar refractivity (Wildman–Crippen MR) is 103 cm³/mol. The number of aliphatic imine (C=N–C) groups is 1. The second-order valence-electron chi connectivity index (χ2n) is 8.06. The van der Waals surface area contributed by atoms with Crippen LogP contribution < -0.4 is 18.9 Å². The maximum absolute atomic E-state index is 4.89. The van der Waals surface area contributed by atoms with E-state index in [1.165, 1.54) is 6.34 Å². The zero-order valence-electron chi connectivity index (χ0n) is 16.1. The summed E-state index contributed by atoms with van der Waals surface area (Å²) in [5.74, 6) is 0. The molecule has 0 aliphatic heterocycles. The van der Waals surface area contributed by atoms with Gasteiger partial charge in [0.25, 0.3) is 0 Å². The van der Waals surface area contributed by atoms with Crippen LogP contribution in [0.2, 0.25) is 39.3 Å². The van der Waals surface area contributed by atoms with Gasteiger partial charge in [0.05, 0.1) is 8.24 Å². The average Bonchev–Trinajstić information content (AvgIpc) is 2.21. The summed E-state index contributed by atoms with van der Waals surface area (Å²) in [6.07, 6.45) is 6.87. The number of nitrogens with zero attached hydrogens (tertiary/aromatic N) is 4. The Kier molecular flexibility index (Phi) is 10.5. The minimum atomic E-state index is -1.49. The summed E-state index contributed by atoms with van der Waals surface area (Å²) < 4.78 is 9.28. The van der Waals surface area contributed by atoms with Crippen LogP contribution in [-0.4, -0.2) is 34.9 Å². The van der Waals surface area contributed by atoms with E-state index < -0.39 is 16.5 Å². The van der Waals surface area contributed by atoms with Crippen LogP contribution >= 0.6 is 0 Å². The van der Waals surface area contributed by atoms with Crippen molar-refractivity contribution in [2.24, 2.45) is 19.7 Å². The first-order chi connectivity index (χ1) is 9.31. The van der Waals surface area contributed by atoms with Crippen molar-refractivity contribution in [3.8, 4) is 0 Å². The predicted octanol–water partition coefficient (Wildman–Crippen LogP) is 2.09. The van der Waals surface area contributed by atoms with E-state index in [1.54, 1.807) is 12.5 Å². The molecule has 0 rings (SSSR count). The Bertz CT molecular complexity index is 436. The Hall–Kier alpha value is -0.419. The topological polar surface area (TPSA) is 51.2 Å². The van der Waals surface area contributed by atoms with E-state index in [2.05, 4.69) is 75.0 Å². The molecule has 7 heteroatoms. The van der Waals surface area contributed by atoms with Crippen LogP contribution in [0.3, 0.4) is 0 Å². The molecule has 22 heavy (non-hydrogen) atoms. The smallest absolute Gasteiger partial charge is 0.420 e. The van der Waals surface area contributed by atoms with Gasteiger partial charge in [0.15, 0.2) is 8.24 Å². The molecule has 0 atom stereocenters. The zero-order valence-corrected chi connectivity index (χ0v) is 18.1. The maximum Gasteiger partial charge on any atom is 1.00 e. The fourth-order valence-corrected chi connectivity index (χ4v) is 2.79. The monoisotopic (exact) mass is 330 g/mol. The van der Waals surface area contributed by atoms with Crippen LogP contribution in [0.1, 0.15) is 20.8 Å². The van der Waals surface area contributed by atoms with Gasteiger partial charge in [-0.2, -0.15) is 0 Å². The molecule has 0 amide bonds. The van der Waals surface area contributed by atoms with Crippen molar-refractivity contribution in [1.82, 2.24) is 0 Å². The molecule has 0 N–H and O–H groups in total. The van der Waals surface area contributed by atoms with Crippen molar-refractivity contribution in [3.05, 3.63) is 17.6 Å². The van der Waals surface area contributed by atoms with Crippen LogP contribution in [0, 0.1) is 5.41 Å². The van der Waals surface area contributed by atoms with Crippen LogP contribution in [0.25, 0.3) is 5.32 Å². The summed E-state index contributed by atoms with van der Waals surface area (Å²) in [6.45, 7) is 19.7. The van der Waals surface area contributed by atoms with Gasteiger partial charge in [-0.1, -0.05) is 40.4 Å². The van der Waals surface area contributed by atoms with E-state index in [0.29, 0.717) is 0 Å². The molecular formula is C15H31LiN4Si2. The molecule has 0 fully saturated rings. The molecule has 0 aliphatic rings. The molecule has 0 aromatic rings. The number of allylic oxidation sites excluding steroid dienone is 1. The summed E-state index contributed by atoms with van der Waals surface area (Å²) >= 11 is 0. The molecule has 0 saturated heterocycles. The molecule has 0 aromatic carbocycles. The quantitative estimate of drug-likeness (QED) is 0.407. The summed E-state index contributed by atoms with van der Waals surface area (Å²) in [5, 5.41) is 4.06. The summed E-state index contributed by atoms with van der Waals surface area (Å²) in [7, 11) is -2.90. The first-order valence-corrected chi connectivity index (χ1v) is 14.2. The molecule has 4 nitrogen and oxygen atoms in total. The van der Waals surface area contributed by atoms with Gasteiger partial charge < -0.3 is 19.6 Å². The van der Waals surface area contributed by atoms with Gasteiger partial charge in [-0.05, 0) is 44.6 Å². The van der Waals surface area contributed by atoms with E-state index in [-0.39, 0.29) is 24.3 Å². The average molecular weight is 331 g/mol. The van der Waals surface area contributed by atoms with E-state index in [4.69, 9.17) is 4.66 Å². The first kappa shape index (κ1) is 23.8. The fraction of sp³-hybridized carbons (Fsp3) is 0.667. The van der Waals surface area contributed by atoms with E-state index in [9.17, 15) is 0 Å². The molecule has 120 valence electrons. The minimum absolute atomic E-state index is 0. The molecule has 0 heterocycles. The SMILES string of the molecule is CC(C)(C)C(/C=C/N=C[N-]/C=N/[Si](C)(C)C)=N/[Si](C)(C)C.[Li+]. The minimum Gasteiger partial charge on any atom is -0.420 e. The fourth-order valence-electron chi connectivity index (χ4n) is 1.24. The molecule has 0 saturated carbocycles. The molecular weight excluding hydrogens is 299 g/mol. The van der Waals surface area contributed by atoms with Gasteiger partial charge in [-0.15, -0.1) is 0 Å². The van der Waals surface area contributed by atoms with Crippen molar-refractivity contribution in [3.63, 3.8) is 0 Å². The van der Waals surface area contributed by atoms with Crippen molar-refractivity contribution >= 4 is 34.9 Å². The third-order valence-electron chi connectivity index (χ3n) is 2.19. The number of rotatable bonds is 6. The Balaban J connectivity index is 0. The third kappa shape index (κ3) is 14.5. The van der Waals surface area contributed by atoms with Gasteiger partial charge >= 0.3 is 18.9 Å². The Morgan fingerprint density at radius 1 is 0.909 bits per heavy atom. The van der Waals surface area contributed by atoms with Crippen LogP contribution in [0.4, 0.5) is 0 Å². The van der Waals surface area contributed by atoms with Gasteiger partial charge in [-0.25, -0.2) is 0 Å². The van der Waals surface area contributed by atoms with Crippen LogP contribution in [0.15, 0.2) is 26.6 Å². The summed E-state index contributed by atoms with van der Waals surface area (Å²) in [5.41, 5.74) is 1.12. The molecule has 0 radical (unpaired) electrons. The number of hydrogen-bond acceptors (Lipinski definition) is 3. The van der Waals surface area contributed by atoms with E-state index >= 15 is 0 Å². The molecule has 0 spiro atoms. The molecule has 0 bridgehead atoms. The Morgan fingerprint density at radius 2 is 1.45 bits per heavy atom. The van der Waals surface area contributed by atoms with Gasteiger partial charge in [0.2, 0.25) is 0 Å².